The second kappa shape index (κ2) is 8.34. The van der Waals surface area contributed by atoms with Gasteiger partial charge in [-0.05, 0) is 42.7 Å². The van der Waals surface area contributed by atoms with Crippen molar-refractivity contribution in [3.8, 4) is 0 Å². The molecule has 3 N–H and O–H groups in total. The number of fused-ring (bicyclic) bond motifs is 1. The van der Waals surface area contributed by atoms with Crippen molar-refractivity contribution in [1.82, 2.24) is 20.4 Å². The van der Waals surface area contributed by atoms with E-state index in [1.165, 1.54) is 0 Å². The minimum atomic E-state index is -0.255. The molecule has 0 spiro atoms. The Morgan fingerprint density at radius 3 is 2.86 bits per heavy atom. The highest BCUT2D eigenvalue weighted by atomic mass is 16.2. The van der Waals surface area contributed by atoms with Crippen molar-refractivity contribution in [2.45, 2.75) is 25.7 Å². The van der Waals surface area contributed by atoms with E-state index in [0.717, 1.165) is 35.9 Å². The summed E-state index contributed by atoms with van der Waals surface area (Å²) in [6.45, 7) is 3.75. The predicted octanol–water partition coefficient (Wildman–Crippen LogP) is 3.72. The first-order valence-corrected chi connectivity index (χ1v) is 10.0. The van der Waals surface area contributed by atoms with Crippen LogP contribution in [0.25, 0.3) is 10.8 Å². The Balaban J connectivity index is 1.50. The summed E-state index contributed by atoms with van der Waals surface area (Å²) in [5.41, 5.74) is 2.24. The van der Waals surface area contributed by atoms with Crippen molar-refractivity contribution >= 4 is 28.4 Å². The van der Waals surface area contributed by atoms with Crippen LogP contribution in [0.2, 0.25) is 0 Å². The Morgan fingerprint density at radius 2 is 2.03 bits per heavy atom. The summed E-state index contributed by atoms with van der Waals surface area (Å²) in [6.07, 6.45) is 3.46. The highest BCUT2D eigenvalue weighted by molar-refractivity contribution is 5.98. The van der Waals surface area contributed by atoms with Crippen molar-refractivity contribution in [2.24, 2.45) is 0 Å². The molecule has 4 rings (SSSR count). The molecule has 1 atom stereocenters. The second-order valence-corrected chi connectivity index (χ2v) is 7.33. The van der Waals surface area contributed by atoms with Crippen LogP contribution < -0.4 is 10.6 Å². The van der Waals surface area contributed by atoms with E-state index in [1.807, 2.05) is 54.3 Å². The molecule has 2 heterocycles. The zero-order valence-electron chi connectivity index (χ0n) is 16.4. The number of anilines is 1. The number of likely N-dealkylation sites (tertiary alicyclic amines) is 1. The molecule has 0 unspecified atom stereocenters. The number of aromatic amines is 1. The Labute approximate surface area is 169 Å². The van der Waals surface area contributed by atoms with Crippen LogP contribution in [0.3, 0.4) is 0 Å². The van der Waals surface area contributed by atoms with Gasteiger partial charge in [-0.25, -0.2) is 4.79 Å². The predicted molar refractivity (Wildman–Crippen MR) is 113 cm³/mol. The number of carbonyl (C=O) groups excluding carboxylic acids is 2. The number of rotatable bonds is 4. The smallest absolute Gasteiger partial charge is 0.319 e. The lowest BCUT2D eigenvalue weighted by atomic mass is 9.93. The van der Waals surface area contributed by atoms with Gasteiger partial charge in [0.25, 0.3) is 5.91 Å². The molecule has 0 aliphatic carbocycles. The lowest BCUT2D eigenvalue weighted by molar-refractivity contribution is 0.0706. The summed E-state index contributed by atoms with van der Waals surface area (Å²) in [4.78, 5) is 26.9. The van der Waals surface area contributed by atoms with Gasteiger partial charge in [0.2, 0.25) is 0 Å². The average molecular weight is 391 g/mol. The number of H-pyrrole nitrogens is 1. The molecule has 3 aromatic rings. The number of piperidine rings is 1. The SMILES string of the molecule is CCNC(=O)Nc1cn[nH]c1[C@H]1CCCN(C(=O)c2ccc3ccccc3c2)C1. The molecule has 7 heteroatoms. The van der Waals surface area contributed by atoms with Gasteiger partial charge < -0.3 is 15.5 Å². The van der Waals surface area contributed by atoms with Gasteiger partial charge in [0.15, 0.2) is 0 Å². The zero-order chi connectivity index (χ0) is 20.2. The molecule has 1 aliphatic heterocycles. The number of nitrogens with one attached hydrogen (secondary N) is 3. The van der Waals surface area contributed by atoms with Crippen LogP contribution in [0.15, 0.2) is 48.7 Å². The van der Waals surface area contributed by atoms with E-state index in [2.05, 4.69) is 20.8 Å². The summed E-state index contributed by atoms with van der Waals surface area (Å²) in [5, 5.41) is 14.9. The molecule has 1 fully saturated rings. The third-order valence-electron chi connectivity index (χ3n) is 5.37. The van der Waals surface area contributed by atoms with Crippen molar-refractivity contribution in [3.05, 3.63) is 59.9 Å². The molecule has 0 radical (unpaired) electrons. The monoisotopic (exact) mass is 391 g/mol. The van der Waals surface area contributed by atoms with Crippen molar-refractivity contribution in [2.75, 3.05) is 25.0 Å². The summed E-state index contributed by atoms with van der Waals surface area (Å²) in [7, 11) is 0. The van der Waals surface area contributed by atoms with Gasteiger partial charge in [-0.1, -0.05) is 30.3 Å². The number of amides is 3. The van der Waals surface area contributed by atoms with E-state index >= 15 is 0 Å². The van der Waals surface area contributed by atoms with Crippen LogP contribution in [0.4, 0.5) is 10.5 Å². The van der Waals surface area contributed by atoms with Crippen LogP contribution in [0, 0.1) is 0 Å². The Bertz CT molecular complexity index is 1030. The number of hydrogen-bond acceptors (Lipinski definition) is 3. The van der Waals surface area contributed by atoms with Gasteiger partial charge in [-0.2, -0.15) is 5.10 Å². The fourth-order valence-corrected chi connectivity index (χ4v) is 3.94. The fraction of sp³-hybridized carbons (Fsp3) is 0.318. The number of benzene rings is 2. The Hall–Kier alpha value is -3.35. The van der Waals surface area contributed by atoms with Crippen LogP contribution in [0.5, 0.6) is 0 Å². The highest BCUT2D eigenvalue weighted by Crippen LogP contribution is 2.31. The number of carbonyl (C=O) groups is 2. The molecule has 0 saturated carbocycles. The van der Waals surface area contributed by atoms with Crippen LogP contribution in [0.1, 0.15) is 41.7 Å². The summed E-state index contributed by atoms with van der Waals surface area (Å²) < 4.78 is 0. The van der Waals surface area contributed by atoms with E-state index < -0.39 is 0 Å². The maximum atomic E-state index is 13.1. The molecule has 2 aromatic carbocycles. The van der Waals surface area contributed by atoms with Crippen LogP contribution in [-0.2, 0) is 0 Å². The van der Waals surface area contributed by atoms with E-state index in [9.17, 15) is 9.59 Å². The lowest BCUT2D eigenvalue weighted by Gasteiger charge is -2.32. The Kier molecular flexibility index (Phi) is 5.46. The van der Waals surface area contributed by atoms with Crippen molar-refractivity contribution < 1.29 is 9.59 Å². The molecule has 150 valence electrons. The van der Waals surface area contributed by atoms with Gasteiger partial charge in [0.05, 0.1) is 17.6 Å². The molecular weight excluding hydrogens is 366 g/mol. The van der Waals surface area contributed by atoms with Crippen molar-refractivity contribution in [3.63, 3.8) is 0 Å². The van der Waals surface area contributed by atoms with E-state index in [4.69, 9.17) is 0 Å². The second-order valence-electron chi connectivity index (χ2n) is 7.33. The number of urea groups is 1. The summed E-state index contributed by atoms with van der Waals surface area (Å²) in [6, 6.07) is 13.6. The summed E-state index contributed by atoms with van der Waals surface area (Å²) in [5.74, 6) is 0.144. The van der Waals surface area contributed by atoms with E-state index in [-0.39, 0.29) is 17.9 Å². The molecule has 7 nitrogen and oxygen atoms in total. The number of nitrogens with zero attached hydrogens (tertiary/aromatic N) is 2. The minimum absolute atomic E-state index is 0.0400. The normalized spacial score (nSPS) is 16.6. The van der Waals surface area contributed by atoms with Gasteiger partial charge in [0, 0.05) is 31.1 Å². The standard InChI is InChI=1S/C22H25N5O2/c1-2-23-22(29)25-19-13-24-26-20(19)18-8-5-11-27(14-18)21(28)17-10-9-15-6-3-4-7-16(15)12-17/h3-4,6-7,9-10,12-13,18H,2,5,8,11,14H2,1H3,(H,24,26)(H2,23,25,29)/t18-/m0/s1. The van der Waals surface area contributed by atoms with Crippen LogP contribution in [-0.4, -0.2) is 46.7 Å². The third-order valence-corrected chi connectivity index (χ3v) is 5.37. The largest absolute Gasteiger partial charge is 0.338 e. The quantitative estimate of drug-likeness (QED) is 0.633. The van der Waals surface area contributed by atoms with Gasteiger partial charge in [0.1, 0.15) is 0 Å². The first-order chi connectivity index (χ1) is 14.2. The molecule has 3 amide bonds. The minimum Gasteiger partial charge on any atom is -0.338 e. The van der Waals surface area contributed by atoms with E-state index in [1.54, 1.807) is 6.20 Å². The van der Waals surface area contributed by atoms with Crippen molar-refractivity contribution in [1.29, 1.82) is 0 Å². The first kappa shape index (κ1) is 19.0. The Morgan fingerprint density at radius 1 is 1.21 bits per heavy atom. The molecule has 1 aliphatic rings. The molecule has 29 heavy (non-hydrogen) atoms. The lowest BCUT2D eigenvalue weighted by Crippen LogP contribution is -2.39. The molecule has 1 aromatic heterocycles. The number of aromatic nitrogens is 2. The van der Waals surface area contributed by atoms with Crippen LogP contribution >= 0.6 is 0 Å². The molecular formula is C22H25N5O2. The molecule has 1 saturated heterocycles. The van der Waals surface area contributed by atoms with Gasteiger partial charge >= 0.3 is 6.03 Å². The number of hydrogen-bond donors (Lipinski definition) is 3. The maximum absolute atomic E-state index is 13.1. The summed E-state index contributed by atoms with van der Waals surface area (Å²) >= 11 is 0. The van der Waals surface area contributed by atoms with Gasteiger partial charge in [-0.15, -0.1) is 0 Å². The zero-order valence-corrected chi connectivity index (χ0v) is 16.4. The third kappa shape index (κ3) is 4.08. The fourth-order valence-electron chi connectivity index (χ4n) is 3.94. The maximum Gasteiger partial charge on any atom is 0.319 e. The topological polar surface area (TPSA) is 90.1 Å². The first-order valence-electron chi connectivity index (χ1n) is 10.0. The highest BCUT2D eigenvalue weighted by Gasteiger charge is 2.28. The van der Waals surface area contributed by atoms with Gasteiger partial charge in [-0.3, -0.25) is 9.89 Å². The molecule has 0 bridgehead atoms. The van der Waals surface area contributed by atoms with E-state index in [0.29, 0.717) is 24.3 Å². The average Bonchev–Trinajstić information content (AvgIpc) is 3.21.